The largest absolute Gasteiger partial charge is 0.478 e. The first-order chi connectivity index (χ1) is 8.52. The van der Waals surface area contributed by atoms with Crippen molar-refractivity contribution in [2.24, 2.45) is 11.7 Å². The predicted molar refractivity (Wildman–Crippen MR) is 68.4 cm³/mol. The lowest BCUT2D eigenvalue weighted by Crippen LogP contribution is -2.28. The molecule has 0 radical (unpaired) electrons. The number of anilines is 1. The van der Waals surface area contributed by atoms with E-state index in [0.29, 0.717) is 24.0 Å². The van der Waals surface area contributed by atoms with Gasteiger partial charge >= 0.3 is 5.97 Å². The number of carboxylic acids is 1. The molecule has 0 bridgehead atoms. The summed E-state index contributed by atoms with van der Waals surface area (Å²) in [5.74, 6) is -0.998. The van der Waals surface area contributed by atoms with E-state index >= 15 is 0 Å². The maximum Gasteiger partial charge on any atom is 0.339 e. The number of pyridine rings is 1. The lowest BCUT2D eigenvalue weighted by Gasteiger charge is -2.17. The number of halogens is 1. The molecule has 3 N–H and O–H groups in total. The molecular weight excluding hydrogens is 302 g/mol. The number of hydrogen-bond donors (Lipinski definition) is 2. The van der Waals surface area contributed by atoms with Crippen LogP contribution in [-0.2, 0) is 4.79 Å². The van der Waals surface area contributed by atoms with Crippen molar-refractivity contribution >= 4 is 33.6 Å². The molecule has 0 spiro atoms. The third kappa shape index (κ3) is 2.37. The minimum Gasteiger partial charge on any atom is -0.478 e. The summed E-state index contributed by atoms with van der Waals surface area (Å²) in [5, 5.41) is 9.14. The van der Waals surface area contributed by atoms with Crippen LogP contribution in [0.15, 0.2) is 16.7 Å². The molecule has 2 rings (SSSR count). The first kappa shape index (κ1) is 13.0. The average molecular weight is 314 g/mol. The minimum atomic E-state index is -1.11. The summed E-state index contributed by atoms with van der Waals surface area (Å²) in [7, 11) is 0. The summed E-state index contributed by atoms with van der Waals surface area (Å²) in [4.78, 5) is 28.4. The quantitative estimate of drug-likeness (QED) is 0.862. The number of nitrogens with zero attached hydrogens (tertiary/aromatic N) is 2. The van der Waals surface area contributed by atoms with Crippen LogP contribution < -0.4 is 10.6 Å². The van der Waals surface area contributed by atoms with E-state index in [2.05, 4.69) is 20.9 Å². The second kappa shape index (κ2) is 5.03. The van der Waals surface area contributed by atoms with Crippen molar-refractivity contribution in [3.63, 3.8) is 0 Å². The van der Waals surface area contributed by atoms with Crippen LogP contribution >= 0.6 is 15.9 Å². The van der Waals surface area contributed by atoms with Crippen LogP contribution in [0.3, 0.4) is 0 Å². The van der Waals surface area contributed by atoms with Crippen molar-refractivity contribution in [3.05, 3.63) is 22.3 Å². The van der Waals surface area contributed by atoms with Crippen molar-refractivity contribution in [2.45, 2.75) is 6.42 Å². The number of aromatic carboxylic acids is 1. The first-order valence-corrected chi connectivity index (χ1v) is 6.21. The molecule has 0 aliphatic carbocycles. The summed E-state index contributed by atoms with van der Waals surface area (Å²) < 4.78 is 0.561. The van der Waals surface area contributed by atoms with Gasteiger partial charge in [-0.15, -0.1) is 0 Å². The van der Waals surface area contributed by atoms with Crippen molar-refractivity contribution in [1.29, 1.82) is 0 Å². The Hall–Kier alpha value is -1.47. The maximum atomic E-state index is 11.8. The normalized spacial score (nSPS) is 19.3. The van der Waals surface area contributed by atoms with Gasteiger partial charge in [-0.2, -0.15) is 0 Å². The third-order valence-electron chi connectivity index (χ3n) is 2.86. The van der Waals surface area contributed by atoms with Gasteiger partial charge in [0, 0.05) is 23.6 Å². The Bertz CT molecular complexity index is 506. The molecule has 1 aromatic rings. The number of amides is 1. The SMILES string of the molecule is NCC1CC(=O)N(c2ncc(Br)cc2C(=O)O)C1. The Balaban J connectivity index is 2.39. The number of nitrogens with two attached hydrogens (primary N) is 1. The number of hydrogen-bond acceptors (Lipinski definition) is 4. The van der Waals surface area contributed by atoms with Gasteiger partial charge in [-0.25, -0.2) is 9.78 Å². The van der Waals surface area contributed by atoms with Gasteiger partial charge in [0.25, 0.3) is 0 Å². The van der Waals surface area contributed by atoms with Crippen molar-refractivity contribution < 1.29 is 14.7 Å². The zero-order chi connectivity index (χ0) is 13.3. The van der Waals surface area contributed by atoms with Gasteiger partial charge in [0.15, 0.2) is 0 Å². The molecule has 7 heteroatoms. The molecule has 0 aromatic carbocycles. The second-order valence-electron chi connectivity index (χ2n) is 4.14. The smallest absolute Gasteiger partial charge is 0.339 e. The van der Waals surface area contributed by atoms with E-state index in [0.717, 1.165) is 0 Å². The van der Waals surface area contributed by atoms with Crippen LogP contribution in [0.2, 0.25) is 0 Å². The summed E-state index contributed by atoms with van der Waals surface area (Å²) >= 11 is 3.16. The van der Waals surface area contributed by atoms with Crippen molar-refractivity contribution in [3.8, 4) is 0 Å². The number of carbonyl (C=O) groups is 2. The third-order valence-corrected chi connectivity index (χ3v) is 3.29. The molecule has 96 valence electrons. The van der Waals surface area contributed by atoms with E-state index in [1.54, 1.807) is 0 Å². The van der Waals surface area contributed by atoms with Crippen LogP contribution in [0.4, 0.5) is 5.82 Å². The Labute approximate surface area is 112 Å². The number of rotatable bonds is 3. The fraction of sp³-hybridized carbons (Fsp3) is 0.364. The Kier molecular flexibility index (Phi) is 3.63. The molecular formula is C11H12BrN3O3. The van der Waals surface area contributed by atoms with E-state index < -0.39 is 5.97 Å². The fourth-order valence-electron chi connectivity index (χ4n) is 1.95. The van der Waals surface area contributed by atoms with Crippen molar-refractivity contribution in [1.82, 2.24) is 4.98 Å². The molecule has 2 heterocycles. The summed E-state index contributed by atoms with van der Waals surface area (Å²) in [6.45, 7) is 0.825. The molecule has 1 saturated heterocycles. The lowest BCUT2D eigenvalue weighted by molar-refractivity contribution is -0.117. The average Bonchev–Trinajstić information content (AvgIpc) is 2.70. The molecule has 6 nitrogen and oxygen atoms in total. The summed E-state index contributed by atoms with van der Waals surface area (Å²) in [6.07, 6.45) is 1.82. The number of carboxylic acid groups (broad SMARTS) is 1. The lowest BCUT2D eigenvalue weighted by atomic mass is 10.1. The van der Waals surface area contributed by atoms with Gasteiger partial charge in [0.1, 0.15) is 11.4 Å². The van der Waals surface area contributed by atoms with Gasteiger partial charge in [-0.05, 0) is 34.5 Å². The van der Waals surface area contributed by atoms with E-state index in [4.69, 9.17) is 10.8 Å². The zero-order valence-corrected chi connectivity index (χ0v) is 11.1. The highest BCUT2D eigenvalue weighted by Gasteiger charge is 2.32. The molecule has 1 aliphatic rings. The Morgan fingerprint density at radius 1 is 1.67 bits per heavy atom. The highest BCUT2D eigenvalue weighted by molar-refractivity contribution is 9.10. The van der Waals surface area contributed by atoms with Gasteiger partial charge in [0.05, 0.1) is 0 Å². The summed E-state index contributed by atoms with van der Waals surface area (Å²) in [6, 6.07) is 1.44. The van der Waals surface area contributed by atoms with E-state index in [9.17, 15) is 9.59 Å². The van der Waals surface area contributed by atoms with Gasteiger partial charge in [0.2, 0.25) is 5.91 Å². The van der Waals surface area contributed by atoms with Crippen molar-refractivity contribution in [2.75, 3.05) is 18.0 Å². The van der Waals surface area contributed by atoms with E-state index in [1.807, 2.05) is 0 Å². The first-order valence-electron chi connectivity index (χ1n) is 5.42. The van der Waals surface area contributed by atoms with Crippen LogP contribution in [-0.4, -0.2) is 35.1 Å². The highest BCUT2D eigenvalue weighted by Crippen LogP contribution is 2.27. The Morgan fingerprint density at radius 3 is 2.94 bits per heavy atom. The fourth-order valence-corrected chi connectivity index (χ4v) is 2.28. The standard InChI is InChI=1S/C11H12BrN3O3/c12-7-2-8(11(17)18)10(14-4-7)15-5-6(3-13)1-9(15)16/h2,4,6H,1,3,5,13H2,(H,17,18). The number of aromatic nitrogens is 1. The molecule has 0 saturated carbocycles. The molecule has 1 fully saturated rings. The van der Waals surface area contributed by atoms with Crippen LogP contribution in [0, 0.1) is 5.92 Å². The minimum absolute atomic E-state index is 0.00963. The Morgan fingerprint density at radius 2 is 2.39 bits per heavy atom. The van der Waals surface area contributed by atoms with Gasteiger partial charge < -0.3 is 10.8 Å². The van der Waals surface area contributed by atoms with E-state index in [1.165, 1.54) is 17.2 Å². The van der Waals surface area contributed by atoms with E-state index in [-0.39, 0.29) is 23.2 Å². The second-order valence-corrected chi connectivity index (χ2v) is 5.06. The van der Waals surface area contributed by atoms with Crippen LogP contribution in [0.1, 0.15) is 16.8 Å². The number of carbonyl (C=O) groups excluding carboxylic acids is 1. The van der Waals surface area contributed by atoms with Crippen LogP contribution in [0.5, 0.6) is 0 Å². The topological polar surface area (TPSA) is 96.5 Å². The monoisotopic (exact) mass is 313 g/mol. The molecule has 1 atom stereocenters. The summed E-state index contributed by atoms with van der Waals surface area (Å²) in [5.41, 5.74) is 5.54. The predicted octanol–water partition coefficient (Wildman–Crippen LogP) is 0.854. The maximum absolute atomic E-state index is 11.8. The molecule has 1 aliphatic heterocycles. The molecule has 1 amide bonds. The zero-order valence-electron chi connectivity index (χ0n) is 9.47. The van der Waals surface area contributed by atoms with Crippen LogP contribution in [0.25, 0.3) is 0 Å². The van der Waals surface area contributed by atoms with Gasteiger partial charge in [-0.3, -0.25) is 9.69 Å². The van der Waals surface area contributed by atoms with Gasteiger partial charge in [-0.1, -0.05) is 0 Å². The molecule has 18 heavy (non-hydrogen) atoms. The molecule has 1 unspecified atom stereocenters. The highest BCUT2D eigenvalue weighted by atomic mass is 79.9. The molecule has 1 aromatic heterocycles.